The molecule has 9 nitrogen and oxygen atoms in total. The van der Waals surface area contributed by atoms with Crippen molar-refractivity contribution in [3.05, 3.63) is 101 Å². The molecule has 11 heteroatoms. The Labute approximate surface area is 248 Å². The molecule has 43 heavy (non-hydrogen) atoms. The van der Waals surface area contributed by atoms with Gasteiger partial charge < -0.3 is 24.4 Å². The quantitative estimate of drug-likeness (QED) is 0.313. The third-order valence-corrected chi connectivity index (χ3v) is 8.02. The third kappa shape index (κ3) is 6.57. The van der Waals surface area contributed by atoms with Crippen LogP contribution in [0, 0.1) is 17.6 Å². The molecule has 2 aliphatic heterocycles. The summed E-state index contributed by atoms with van der Waals surface area (Å²) < 4.78 is 41.9. The van der Waals surface area contributed by atoms with E-state index in [1.807, 2.05) is 36.4 Å². The van der Waals surface area contributed by atoms with Gasteiger partial charge in [0.2, 0.25) is 0 Å². The second kappa shape index (κ2) is 12.6. The van der Waals surface area contributed by atoms with E-state index in [1.54, 1.807) is 6.92 Å². The molecule has 1 N–H and O–H groups in total. The Kier molecular flexibility index (Phi) is 8.44. The van der Waals surface area contributed by atoms with Crippen molar-refractivity contribution in [2.45, 2.75) is 32.1 Å². The van der Waals surface area contributed by atoms with Crippen LogP contribution in [0.3, 0.4) is 0 Å². The lowest BCUT2D eigenvalue weighted by atomic mass is 10.0. The van der Waals surface area contributed by atoms with Crippen LogP contribution in [-0.4, -0.2) is 65.0 Å². The molecule has 2 aliphatic rings. The van der Waals surface area contributed by atoms with Crippen molar-refractivity contribution in [3.63, 3.8) is 0 Å². The maximum Gasteiger partial charge on any atom is 0.350 e. The van der Waals surface area contributed by atoms with Crippen LogP contribution in [0.15, 0.2) is 77.9 Å². The third-order valence-electron chi connectivity index (χ3n) is 8.02. The lowest BCUT2D eigenvalue weighted by molar-refractivity contribution is 0.100. The summed E-state index contributed by atoms with van der Waals surface area (Å²) in [5, 5.41) is 13.6. The van der Waals surface area contributed by atoms with Crippen LogP contribution < -0.4 is 20.2 Å². The summed E-state index contributed by atoms with van der Waals surface area (Å²) in [6, 6.07) is 19.5. The van der Waals surface area contributed by atoms with Crippen molar-refractivity contribution < 1.29 is 23.4 Å². The van der Waals surface area contributed by atoms with E-state index < -0.39 is 17.7 Å². The van der Waals surface area contributed by atoms with Gasteiger partial charge >= 0.3 is 5.69 Å². The van der Waals surface area contributed by atoms with E-state index >= 15 is 0 Å². The number of halogens is 2. The average molecular weight is 592 g/mol. The number of piperazine rings is 1. The molecule has 226 valence electrons. The number of anilines is 2. The number of ether oxygens (including phenoxy) is 2. The molecular weight excluding hydrogens is 556 g/mol. The van der Waals surface area contributed by atoms with Crippen molar-refractivity contribution in [2.75, 3.05) is 49.2 Å². The number of aromatic nitrogens is 3. The Balaban J connectivity index is 0.977. The molecular formula is C32H35F2N5O4. The Bertz CT molecular complexity index is 1580. The number of benzene rings is 3. The van der Waals surface area contributed by atoms with Crippen LogP contribution >= 0.6 is 0 Å². The first-order valence-corrected chi connectivity index (χ1v) is 14.6. The van der Waals surface area contributed by atoms with Crippen LogP contribution in [0.1, 0.15) is 25.0 Å². The first-order chi connectivity index (χ1) is 20.8. The van der Waals surface area contributed by atoms with E-state index in [9.17, 15) is 18.7 Å². The highest BCUT2D eigenvalue weighted by atomic mass is 19.1. The number of hydrogen-bond acceptors (Lipinski definition) is 7. The monoisotopic (exact) mass is 591 g/mol. The van der Waals surface area contributed by atoms with Gasteiger partial charge in [0.1, 0.15) is 23.7 Å². The molecule has 0 bridgehead atoms. The summed E-state index contributed by atoms with van der Waals surface area (Å²) in [6.07, 6.45) is 1.07. The Morgan fingerprint density at radius 1 is 0.953 bits per heavy atom. The molecule has 6 rings (SSSR count). The lowest BCUT2D eigenvalue weighted by Gasteiger charge is -2.37. The van der Waals surface area contributed by atoms with Gasteiger partial charge in [-0.2, -0.15) is 5.10 Å². The van der Waals surface area contributed by atoms with Crippen LogP contribution in [-0.2, 0) is 11.3 Å². The molecule has 1 aromatic heterocycles. The topological polar surface area (TPSA) is 85.0 Å². The maximum absolute atomic E-state index is 14.1. The van der Waals surface area contributed by atoms with E-state index in [2.05, 4.69) is 27.0 Å². The van der Waals surface area contributed by atoms with Gasteiger partial charge in [0.05, 0.1) is 37.7 Å². The standard InChI is InChI=1S/C32H35F2N5O4/c1-22(40)18-39-32(41)38(21-35-39)27-5-3-25(4-6-27)36-12-14-37(15-13-36)26-7-9-28(10-8-26)42-19-23-16-31(43-20-23)29-11-2-24(33)17-30(29)34/h2-11,17,21-23,31,40H,12-16,18-20H2,1H3/t22-,23+,31+/m0/s1. The average Bonchev–Trinajstić information content (AvgIpc) is 3.63. The second-order valence-corrected chi connectivity index (χ2v) is 11.2. The fourth-order valence-electron chi connectivity index (χ4n) is 5.69. The van der Waals surface area contributed by atoms with Gasteiger partial charge in [-0.1, -0.05) is 6.07 Å². The normalized spacial score (nSPS) is 19.5. The summed E-state index contributed by atoms with van der Waals surface area (Å²) in [5.74, 6) is -0.265. The van der Waals surface area contributed by atoms with Crippen LogP contribution in [0.4, 0.5) is 20.2 Å². The highest BCUT2D eigenvalue weighted by Crippen LogP contribution is 2.34. The zero-order valence-corrected chi connectivity index (χ0v) is 24.0. The van der Waals surface area contributed by atoms with Crippen molar-refractivity contribution in [2.24, 2.45) is 5.92 Å². The van der Waals surface area contributed by atoms with Gasteiger partial charge in [-0.05, 0) is 67.9 Å². The molecule has 3 heterocycles. The van der Waals surface area contributed by atoms with Gasteiger partial charge in [-0.3, -0.25) is 0 Å². The van der Waals surface area contributed by atoms with Crippen molar-refractivity contribution >= 4 is 11.4 Å². The van der Waals surface area contributed by atoms with Gasteiger partial charge in [0.15, 0.2) is 0 Å². The predicted molar refractivity (Wildman–Crippen MR) is 159 cm³/mol. The van der Waals surface area contributed by atoms with E-state index in [-0.39, 0.29) is 24.3 Å². The number of aliphatic hydroxyl groups excluding tert-OH is 1. The van der Waals surface area contributed by atoms with E-state index in [0.717, 1.165) is 55.1 Å². The number of hydrogen-bond donors (Lipinski definition) is 1. The first kappa shape index (κ1) is 28.9. The number of rotatable bonds is 9. The minimum absolute atomic E-state index is 0.130. The van der Waals surface area contributed by atoms with Gasteiger partial charge in [-0.25, -0.2) is 22.8 Å². The summed E-state index contributed by atoms with van der Waals surface area (Å²) in [4.78, 5) is 17.2. The zero-order chi connectivity index (χ0) is 29.9. The molecule has 2 fully saturated rings. The van der Waals surface area contributed by atoms with E-state index in [0.29, 0.717) is 25.2 Å². The second-order valence-electron chi connectivity index (χ2n) is 11.2. The molecule has 0 unspecified atom stereocenters. The molecule has 0 spiro atoms. The Morgan fingerprint density at radius 2 is 1.58 bits per heavy atom. The molecule has 0 aliphatic carbocycles. The minimum Gasteiger partial charge on any atom is -0.493 e. The first-order valence-electron chi connectivity index (χ1n) is 14.6. The molecule has 3 atom stereocenters. The zero-order valence-electron chi connectivity index (χ0n) is 24.0. The van der Waals surface area contributed by atoms with Crippen molar-refractivity contribution in [1.29, 1.82) is 0 Å². The fourth-order valence-corrected chi connectivity index (χ4v) is 5.69. The molecule has 0 radical (unpaired) electrons. The maximum atomic E-state index is 14.1. The summed E-state index contributed by atoms with van der Waals surface area (Å²) in [6.45, 7) is 6.18. The van der Waals surface area contributed by atoms with Crippen molar-refractivity contribution in [3.8, 4) is 11.4 Å². The largest absolute Gasteiger partial charge is 0.493 e. The highest BCUT2D eigenvalue weighted by molar-refractivity contribution is 5.54. The smallest absolute Gasteiger partial charge is 0.350 e. The van der Waals surface area contributed by atoms with Crippen LogP contribution in [0.5, 0.6) is 5.75 Å². The van der Waals surface area contributed by atoms with Gasteiger partial charge in [-0.15, -0.1) is 0 Å². The van der Waals surface area contributed by atoms with Crippen LogP contribution in [0.2, 0.25) is 0 Å². The highest BCUT2D eigenvalue weighted by Gasteiger charge is 2.29. The summed E-state index contributed by atoms with van der Waals surface area (Å²) >= 11 is 0. The van der Waals surface area contributed by atoms with Crippen molar-refractivity contribution in [1.82, 2.24) is 14.3 Å². The molecule has 3 aromatic carbocycles. The molecule has 2 saturated heterocycles. The summed E-state index contributed by atoms with van der Waals surface area (Å²) in [5.41, 5.74) is 3.07. The predicted octanol–water partition coefficient (Wildman–Crippen LogP) is 4.18. The lowest BCUT2D eigenvalue weighted by Crippen LogP contribution is -2.46. The molecule has 4 aromatic rings. The van der Waals surface area contributed by atoms with Gasteiger partial charge in [0, 0.05) is 55.1 Å². The Morgan fingerprint density at radius 3 is 2.21 bits per heavy atom. The molecule has 0 amide bonds. The number of nitrogens with zero attached hydrogens (tertiary/aromatic N) is 5. The molecule has 0 saturated carbocycles. The SMILES string of the molecule is C[C@H](O)Cn1ncn(-c2ccc(N3CCN(c4ccc(OC[C@@H]5CO[C@@H](c6ccc(F)cc6F)C5)cc4)CC3)cc2)c1=O. The van der Waals surface area contributed by atoms with Gasteiger partial charge in [0.25, 0.3) is 0 Å². The number of aliphatic hydroxyl groups is 1. The Hall–Kier alpha value is -4.22. The fraction of sp³-hybridized carbons (Fsp3) is 0.375. The van der Waals surface area contributed by atoms with E-state index in [4.69, 9.17) is 9.47 Å². The van der Waals surface area contributed by atoms with Crippen LogP contribution in [0.25, 0.3) is 5.69 Å². The minimum atomic E-state index is -0.649. The summed E-state index contributed by atoms with van der Waals surface area (Å²) in [7, 11) is 0. The van der Waals surface area contributed by atoms with E-state index in [1.165, 1.54) is 27.7 Å².